The number of anilines is 1. The first-order valence-electron chi connectivity index (χ1n) is 9.17. The van der Waals surface area contributed by atoms with E-state index in [2.05, 4.69) is 15.4 Å². The molecule has 0 bridgehead atoms. The number of hydrogen-bond acceptors (Lipinski definition) is 5. The smallest absolute Gasteiger partial charge is 0.276 e. The Morgan fingerprint density at radius 3 is 2.71 bits per heavy atom. The van der Waals surface area contributed by atoms with Crippen molar-refractivity contribution in [2.75, 3.05) is 11.9 Å². The highest BCUT2D eigenvalue weighted by Crippen LogP contribution is 2.24. The summed E-state index contributed by atoms with van der Waals surface area (Å²) in [7, 11) is 0. The van der Waals surface area contributed by atoms with Gasteiger partial charge in [0.05, 0.1) is 18.0 Å². The SMILES string of the molecule is CCOc1ccccc1NC(=O)CCc1c(C)[nH]n(-c2nc(C)c(C)s2)c1=O. The van der Waals surface area contributed by atoms with Crippen molar-refractivity contribution >= 4 is 22.9 Å². The molecule has 0 aliphatic heterocycles. The van der Waals surface area contributed by atoms with Crippen molar-refractivity contribution in [3.8, 4) is 10.9 Å². The van der Waals surface area contributed by atoms with Gasteiger partial charge in [0.25, 0.3) is 5.56 Å². The van der Waals surface area contributed by atoms with Crippen LogP contribution in [0, 0.1) is 20.8 Å². The van der Waals surface area contributed by atoms with E-state index in [0.717, 1.165) is 16.3 Å². The largest absolute Gasteiger partial charge is 0.492 e. The summed E-state index contributed by atoms with van der Waals surface area (Å²) in [6.45, 7) is 8.14. The minimum atomic E-state index is -0.167. The van der Waals surface area contributed by atoms with Crippen LogP contribution in [-0.4, -0.2) is 27.3 Å². The predicted molar refractivity (Wildman–Crippen MR) is 111 cm³/mol. The highest BCUT2D eigenvalue weighted by molar-refractivity contribution is 7.14. The number of carbonyl (C=O) groups is 1. The van der Waals surface area contributed by atoms with Gasteiger partial charge in [-0.25, -0.2) is 4.98 Å². The third kappa shape index (κ3) is 4.17. The van der Waals surface area contributed by atoms with Crippen LogP contribution in [0.2, 0.25) is 0 Å². The summed E-state index contributed by atoms with van der Waals surface area (Å²) in [6, 6.07) is 7.30. The summed E-state index contributed by atoms with van der Waals surface area (Å²) in [5.74, 6) is 0.465. The van der Waals surface area contributed by atoms with Gasteiger partial charge in [-0.05, 0) is 46.2 Å². The maximum absolute atomic E-state index is 12.8. The molecule has 0 saturated heterocycles. The molecule has 0 unspecified atom stereocenters. The summed E-state index contributed by atoms with van der Waals surface area (Å²) in [5, 5.41) is 6.55. The molecule has 3 rings (SSSR count). The molecule has 2 heterocycles. The lowest BCUT2D eigenvalue weighted by molar-refractivity contribution is -0.116. The summed E-state index contributed by atoms with van der Waals surface area (Å²) in [5.41, 5.74) is 2.73. The van der Waals surface area contributed by atoms with Gasteiger partial charge in [0.1, 0.15) is 5.75 Å². The predicted octanol–water partition coefficient (Wildman–Crippen LogP) is 3.52. The first kappa shape index (κ1) is 19.9. The maximum Gasteiger partial charge on any atom is 0.276 e. The number of aromatic nitrogens is 3. The number of H-pyrrole nitrogens is 1. The third-order valence-electron chi connectivity index (χ3n) is 4.46. The molecule has 1 amide bonds. The number of rotatable bonds is 7. The van der Waals surface area contributed by atoms with Gasteiger partial charge in [-0.1, -0.05) is 23.5 Å². The van der Waals surface area contributed by atoms with Crippen molar-refractivity contribution in [2.45, 2.75) is 40.5 Å². The lowest BCUT2D eigenvalue weighted by Gasteiger charge is -2.11. The monoisotopic (exact) mass is 400 g/mol. The minimum absolute atomic E-state index is 0.159. The molecule has 2 N–H and O–H groups in total. The van der Waals surface area contributed by atoms with Gasteiger partial charge in [-0.3, -0.25) is 14.7 Å². The Labute approximate surface area is 167 Å². The van der Waals surface area contributed by atoms with Crippen molar-refractivity contribution in [1.82, 2.24) is 14.8 Å². The maximum atomic E-state index is 12.8. The summed E-state index contributed by atoms with van der Waals surface area (Å²) < 4.78 is 6.98. The van der Waals surface area contributed by atoms with Gasteiger partial charge in [0.2, 0.25) is 11.0 Å². The van der Waals surface area contributed by atoms with Crippen molar-refractivity contribution in [3.05, 3.63) is 56.4 Å². The molecule has 0 fully saturated rings. The van der Waals surface area contributed by atoms with Crippen molar-refractivity contribution in [2.24, 2.45) is 0 Å². The number of carbonyl (C=O) groups excluding carboxylic acids is 1. The number of aryl methyl sites for hydroxylation is 3. The second-order valence-corrected chi connectivity index (χ2v) is 7.65. The Morgan fingerprint density at radius 2 is 2.04 bits per heavy atom. The number of nitrogens with zero attached hydrogens (tertiary/aromatic N) is 2. The summed E-state index contributed by atoms with van der Waals surface area (Å²) in [4.78, 5) is 30.7. The molecule has 1 aromatic carbocycles. The van der Waals surface area contributed by atoms with E-state index < -0.39 is 0 Å². The fraction of sp³-hybridized carbons (Fsp3) is 0.350. The molecular weight excluding hydrogens is 376 g/mol. The van der Waals surface area contributed by atoms with Crippen LogP contribution < -0.4 is 15.6 Å². The Hall–Kier alpha value is -2.87. The average Bonchev–Trinajstić information content (AvgIpc) is 3.14. The summed E-state index contributed by atoms with van der Waals surface area (Å²) in [6.07, 6.45) is 0.546. The Morgan fingerprint density at radius 1 is 1.29 bits per heavy atom. The molecule has 2 aromatic heterocycles. The van der Waals surface area contributed by atoms with Gasteiger partial charge in [-0.15, -0.1) is 0 Å². The molecule has 0 spiro atoms. The van der Waals surface area contributed by atoms with E-state index in [9.17, 15) is 9.59 Å². The normalized spacial score (nSPS) is 10.9. The zero-order valence-electron chi connectivity index (χ0n) is 16.5. The summed E-state index contributed by atoms with van der Waals surface area (Å²) >= 11 is 1.46. The van der Waals surface area contributed by atoms with Crippen molar-refractivity contribution in [3.63, 3.8) is 0 Å². The van der Waals surface area contributed by atoms with E-state index in [1.165, 1.54) is 16.0 Å². The number of ether oxygens (including phenoxy) is 1. The second kappa shape index (κ2) is 8.43. The number of amides is 1. The quantitative estimate of drug-likeness (QED) is 0.635. The van der Waals surface area contributed by atoms with Gasteiger partial charge < -0.3 is 10.1 Å². The second-order valence-electron chi connectivity index (χ2n) is 6.47. The van der Waals surface area contributed by atoms with Crippen LogP contribution in [0.1, 0.15) is 35.2 Å². The van der Waals surface area contributed by atoms with Crippen LogP contribution in [0.3, 0.4) is 0 Å². The first-order valence-corrected chi connectivity index (χ1v) is 9.99. The van der Waals surface area contributed by atoms with Gasteiger partial charge in [-0.2, -0.15) is 4.68 Å². The standard InChI is InChI=1S/C20H24N4O3S/c1-5-27-17-9-7-6-8-16(17)22-18(25)11-10-15-13(3)23-24(19(15)26)20-21-12(2)14(4)28-20/h6-9,23H,5,10-11H2,1-4H3,(H,22,25). The van der Waals surface area contributed by atoms with E-state index in [1.54, 1.807) is 6.07 Å². The zero-order valence-corrected chi connectivity index (χ0v) is 17.3. The van der Waals surface area contributed by atoms with Crippen LogP contribution in [-0.2, 0) is 11.2 Å². The van der Waals surface area contributed by atoms with Crippen LogP contribution >= 0.6 is 11.3 Å². The minimum Gasteiger partial charge on any atom is -0.492 e. The molecule has 0 radical (unpaired) electrons. The lowest BCUT2D eigenvalue weighted by atomic mass is 10.1. The van der Waals surface area contributed by atoms with Crippen molar-refractivity contribution in [1.29, 1.82) is 0 Å². The number of aromatic amines is 1. The van der Waals surface area contributed by atoms with Crippen LogP contribution in [0.4, 0.5) is 5.69 Å². The third-order valence-corrected chi connectivity index (χ3v) is 5.52. The van der Waals surface area contributed by atoms with E-state index in [4.69, 9.17) is 4.74 Å². The van der Waals surface area contributed by atoms with E-state index >= 15 is 0 Å². The van der Waals surface area contributed by atoms with Crippen LogP contribution in [0.25, 0.3) is 5.13 Å². The number of nitrogens with one attached hydrogen (secondary N) is 2. The topological polar surface area (TPSA) is 89.0 Å². The molecular formula is C20H24N4O3S. The number of hydrogen-bond donors (Lipinski definition) is 2. The Kier molecular flexibility index (Phi) is 5.99. The lowest BCUT2D eigenvalue weighted by Crippen LogP contribution is -2.19. The van der Waals surface area contributed by atoms with Gasteiger partial charge in [0.15, 0.2) is 0 Å². The molecule has 8 heteroatoms. The first-order chi connectivity index (χ1) is 13.4. The molecule has 0 saturated carbocycles. The molecule has 0 aliphatic carbocycles. The molecule has 0 aliphatic rings. The Balaban J connectivity index is 1.71. The molecule has 3 aromatic rings. The highest BCUT2D eigenvalue weighted by Gasteiger charge is 2.17. The highest BCUT2D eigenvalue weighted by atomic mass is 32.1. The fourth-order valence-corrected chi connectivity index (χ4v) is 3.73. The molecule has 28 heavy (non-hydrogen) atoms. The number of benzene rings is 1. The average molecular weight is 401 g/mol. The Bertz CT molecular complexity index is 1030. The number of para-hydroxylation sites is 2. The fourth-order valence-electron chi connectivity index (χ4n) is 2.86. The molecule has 7 nitrogen and oxygen atoms in total. The van der Waals surface area contributed by atoms with Crippen LogP contribution in [0.15, 0.2) is 29.1 Å². The molecule has 0 atom stereocenters. The van der Waals surface area contributed by atoms with E-state index in [1.807, 2.05) is 45.9 Å². The van der Waals surface area contributed by atoms with E-state index in [-0.39, 0.29) is 17.9 Å². The number of thiazole rings is 1. The zero-order chi connectivity index (χ0) is 20.3. The molecule has 148 valence electrons. The van der Waals surface area contributed by atoms with E-state index in [0.29, 0.717) is 35.2 Å². The van der Waals surface area contributed by atoms with Gasteiger partial charge in [0, 0.05) is 22.6 Å². The van der Waals surface area contributed by atoms with Gasteiger partial charge >= 0.3 is 0 Å². The van der Waals surface area contributed by atoms with Crippen molar-refractivity contribution < 1.29 is 9.53 Å². The van der Waals surface area contributed by atoms with Crippen LogP contribution in [0.5, 0.6) is 5.75 Å².